The number of aromatic nitrogens is 2. The minimum absolute atomic E-state index is 0.0240. The van der Waals surface area contributed by atoms with E-state index in [4.69, 9.17) is 0 Å². The number of imidazole rings is 1. The molecule has 0 bridgehead atoms. The molecule has 0 spiro atoms. The monoisotopic (exact) mass is 297 g/mol. The van der Waals surface area contributed by atoms with E-state index in [0.717, 1.165) is 16.2 Å². The van der Waals surface area contributed by atoms with E-state index < -0.39 is 0 Å². The third-order valence-corrected chi connectivity index (χ3v) is 3.98. The minimum atomic E-state index is -0.0240. The van der Waals surface area contributed by atoms with Gasteiger partial charge in [-0.15, -0.1) is 11.3 Å². The molecule has 0 saturated carbocycles. The first-order chi connectivity index (χ1) is 10.2. The predicted molar refractivity (Wildman–Crippen MR) is 85.0 cm³/mol. The van der Waals surface area contributed by atoms with Gasteiger partial charge in [0, 0.05) is 31.2 Å². The van der Waals surface area contributed by atoms with Crippen LogP contribution in [0.1, 0.15) is 11.3 Å². The van der Waals surface area contributed by atoms with Crippen LogP contribution in [0, 0.1) is 0 Å². The van der Waals surface area contributed by atoms with E-state index in [1.54, 1.807) is 41.6 Å². The Morgan fingerprint density at radius 3 is 3.00 bits per heavy atom. The second-order valence-electron chi connectivity index (χ2n) is 4.75. The number of likely N-dealkylation sites (N-methyl/N-ethyl adjacent to an activating group) is 1. The fourth-order valence-electron chi connectivity index (χ4n) is 2.09. The summed E-state index contributed by atoms with van der Waals surface area (Å²) in [6, 6.07) is 9.95. The van der Waals surface area contributed by atoms with Crippen LogP contribution in [-0.2, 0) is 11.3 Å². The number of hydrogen-bond acceptors (Lipinski definition) is 3. The lowest BCUT2D eigenvalue weighted by Crippen LogP contribution is -2.24. The molecule has 106 valence electrons. The van der Waals surface area contributed by atoms with Gasteiger partial charge in [-0.1, -0.05) is 30.3 Å². The quantitative estimate of drug-likeness (QED) is 0.694. The van der Waals surface area contributed by atoms with E-state index in [0.29, 0.717) is 6.54 Å². The Bertz CT molecular complexity index is 773. The summed E-state index contributed by atoms with van der Waals surface area (Å²) in [5.41, 5.74) is 2.03. The molecule has 2 heterocycles. The van der Waals surface area contributed by atoms with Crippen molar-refractivity contribution in [1.82, 2.24) is 14.3 Å². The van der Waals surface area contributed by atoms with E-state index in [1.807, 2.05) is 46.3 Å². The van der Waals surface area contributed by atoms with Crippen LogP contribution in [0.15, 0.2) is 54.2 Å². The van der Waals surface area contributed by atoms with Crippen molar-refractivity contribution < 1.29 is 4.79 Å². The van der Waals surface area contributed by atoms with Gasteiger partial charge in [-0.2, -0.15) is 0 Å². The molecule has 0 unspecified atom stereocenters. The lowest BCUT2D eigenvalue weighted by atomic mass is 10.2. The van der Waals surface area contributed by atoms with Crippen LogP contribution in [-0.4, -0.2) is 27.2 Å². The molecular formula is C16H15N3OS. The molecule has 21 heavy (non-hydrogen) atoms. The maximum Gasteiger partial charge on any atom is 0.246 e. The molecule has 3 rings (SSSR count). The molecule has 0 atom stereocenters. The molecule has 0 radical (unpaired) electrons. The number of hydrogen-bond donors (Lipinski definition) is 0. The van der Waals surface area contributed by atoms with Crippen molar-refractivity contribution >= 4 is 28.3 Å². The van der Waals surface area contributed by atoms with Gasteiger partial charge in [-0.05, 0) is 11.6 Å². The summed E-state index contributed by atoms with van der Waals surface area (Å²) < 4.78 is 1.96. The zero-order chi connectivity index (χ0) is 14.7. The van der Waals surface area contributed by atoms with Gasteiger partial charge in [-0.25, -0.2) is 4.98 Å². The first-order valence-electron chi connectivity index (χ1n) is 6.62. The Hall–Kier alpha value is -2.40. The van der Waals surface area contributed by atoms with Gasteiger partial charge in [0.15, 0.2) is 4.96 Å². The number of carbonyl (C=O) groups excluding carboxylic acids is 1. The fraction of sp³-hybridized carbons (Fsp3) is 0.125. The molecule has 0 aliphatic rings. The standard InChI is InChI=1S/C16H15N3OS/c1-18(12-13-5-3-2-4-6-13)15(20)8-7-14-11-17-16-19(14)9-10-21-16/h2-11H,12H2,1H3/b8-7+. The predicted octanol–water partition coefficient (Wildman–Crippen LogP) is 3.07. The zero-order valence-corrected chi connectivity index (χ0v) is 12.5. The van der Waals surface area contributed by atoms with Crippen molar-refractivity contribution in [3.63, 3.8) is 0 Å². The van der Waals surface area contributed by atoms with Crippen molar-refractivity contribution in [2.45, 2.75) is 6.54 Å². The van der Waals surface area contributed by atoms with Gasteiger partial charge in [0.2, 0.25) is 5.91 Å². The summed E-state index contributed by atoms with van der Waals surface area (Å²) in [7, 11) is 1.80. The molecule has 2 aromatic heterocycles. The maximum absolute atomic E-state index is 12.1. The molecule has 1 aromatic carbocycles. The molecule has 0 saturated heterocycles. The molecule has 3 aromatic rings. The molecule has 0 N–H and O–H groups in total. The molecule has 0 aliphatic carbocycles. The molecule has 5 heteroatoms. The van der Waals surface area contributed by atoms with Crippen LogP contribution < -0.4 is 0 Å². The third kappa shape index (κ3) is 3.03. The van der Waals surface area contributed by atoms with Crippen molar-refractivity contribution in [3.8, 4) is 0 Å². The molecule has 0 fully saturated rings. The highest BCUT2D eigenvalue weighted by Gasteiger charge is 2.06. The van der Waals surface area contributed by atoms with Crippen LogP contribution in [0.4, 0.5) is 0 Å². The second kappa shape index (κ2) is 5.93. The van der Waals surface area contributed by atoms with Crippen LogP contribution in [0.2, 0.25) is 0 Å². The Labute approximate surface area is 127 Å². The summed E-state index contributed by atoms with van der Waals surface area (Å²) >= 11 is 1.57. The van der Waals surface area contributed by atoms with Crippen molar-refractivity contribution in [2.24, 2.45) is 0 Å². The highest BCUT2D eigenvalue weighted by Crippen LogP contribution is 2.13. The van der Waals surface area contributed by atoms with Crippen molar-refractivity contribution in [3.05, 3.63) is 65.4 Å². The number of rotatable bonds is 4. The van der Waals surface area contributed by atoms with Crippen LogP contribution in [0.5, 0.6) is 0 Å². The minimum Gasteiger partial charge on any atom is -0.338 e. The molecular weight excluding hydrogens is 282 g/mol. The summed E-state index contributed by atoms with van der Waals surface area (Å²) in [5.74, 6) is -0.0240. The lowest BCUT2D eigenvalue weighted by molar-refractivity contribution is -0.125. The highest BCUT2D eigenvalue weighted by atomic mass is 32.1. The van der Waals surface area contributed by atoms with Gasteiger partial charge in [0.1, 0.15) is 0 Å². The highest BCUT2D eigenvalue weighted by molar-refractivity contribution is 7.15. The Morgan fingerprint density at radius 1 is 1.38 bits per heavy atom. The van der Waals surface area contributed by atoms with E-state index in [9.17, 15) is 4.79 Å². The first-order valence-corrected chi connectivity index (χ1v) is 7.49. The van der Waals surface area contributed by atoms with E-state index >= 15 is 0 Å². The Balaban J connectivity index is 1.68. The van der Waals surface area contributed by atoms with Gasteiger partial charge in [0.05, 0.1) is 11.9 Å². The summed E-state index contributed by atoms with van der Waals surface area (Å²) in [6.45, 7) is 0.601. The summed E-state index contributed by atoms with van der Waals surface area (Å²) in [6.07, 6.45) is 7.11. The Morgan fingerprint density at radius 2 is 2.19 bits per heavy atom. The SMILES string of the molecule is CN(Cc1ccccc1)C(=O)/C=C/c1cnc2sccn12. The van der Waals surface area contributed by atoms with Crippen LogP contribution >= 0.6 is 11.3 Å². The summed E-state index contributed by atoms with van der Waals surface area (Å²) in [5, 5.41) is 1.98. The van der Waals surface area contributed by atoms with Crippen LogP contribution in [0.25, 0.3) is 11.0 Å². The fourth-order valence-corrected chi connectivity index (χ4v) is 2.79. The van der Waals surface area contributed by atoms with Crippen molar-refractivity contribution in [1.29, 1.82) is 0 Å². The normalized spacial score (nSPS) is 11.3. The van der Waals surface area contributed by atoms with E-state index in [-0.39, 0.29) is 5.91 Å². The number of benzene rings is 1. The molecule has 4 nitrogen and oxygen atoms in total. The number of thiazole rings is 1. The number of fused-ring (bicyclic) bond motifs is 1. The van der Waals surface area contributed by atoms with Gasteiger partial charge in [-0.3, -0.25) is 9.20 Å². The largest absolute Gasteiger partial charge is 0.338 e. The van der Waals surface area contributed by atoms with Gasteiger partial charge in [0.25, 0.3) is 0 Å². The van der Waals surface area contributed by atoms with Gasteiger partial charge < -0.3 is 4.90 Å². The average molecular weight is 297 g/mol. The molecule has 1 amide bonds. The molecule has 0 aliphatic heterocycles. The number of carbonyl (C=O) groups is 1. The smallest absolute Gasteiger partial charge is 0.246 e. The zero-order valence-electron chi connectivity index (χ0n) is 11.6. The second-order valence-corrected chi connectivity index (χ2v) is 5.62. The van der Waals surface area contributed by atoms with Crippen molar-refractivity contribution in [2.75, 3.05) is 7.05 Å². The van der Waals surface area contributed by atoms with Gasteiger partial charge >= 0.3 is 0 Å². The third-order valence-electron chi connectivity index (χ3n) is 3.21. The average Bonchev–Trinajstić information content (AvgIpc) is 3.09. The van der Waals surface area contributed by atoms with Crippen LogP contribution in [0.3, 0.4) is 0 Å². The van der Waals surface area contributed by atoms with E-state index in [1.165, 1.54) is 0 Å². The Kier molecular flexibility index (Phi) is 3.83. The van der Waals surface area contributed by atoms with E-state index in [2.05, 4.69) is 4.98 Å². The maximum atomic E-state index is 12.1. The topological polar surface area (TPSA) is 37.6 Å². The lowest BCUT2D eigenvalue weighted by Gasteiger charge is -2.14. The number of amides is 1. The number of nitrogens with zero attached hydrogens (tertiary/aromatic N) is 3. The first kappa shape index (κ1) is 13.6. The summed E-state index contributed by atoms with van der Waals surface area (Å²) in [4.78, 5) is 19.0.